The summed E-state index contributed by atoms with van der Waals surface area (Å²) in [6.07, 6.45) is 12.5. The van der Waals surface area contributed by atoms with Crippen molar-refractivity contribution in [3.63, 3.8) is 0 Å². The maximum atomic E-state index is 13.9. The lowest BCUT2D eigenvalue weighted by atomic mass is 9.93. The molecular weight excluding hydrogens is 430 g/mol. The number of allylic oxidation sites excluding steroid dienone is 4. The Hall–Kier alpha value is -2.60. The van der Waals surface area contributed by atoms with Gasteiger partial charge in [-0.1, -0.05) is 32.9 Å². The van der Waals surface area contributed by atoms with Gasteiger partial charge in [-0.25, -0.2) is 8.42 Å². The molecule has 0 radical (unpaired) electrons. The third-order valence-electron chi connectivity index (χ3n) is 6.58. The number of sulfone groups is 1. The first-order chi connectivity index (χ1) is 15.5. The molecule has 0 saturated heterocycles. The number of aromatic nitrogens is 1. The number of fused-ring (bicyclic) bond motifs is 2. The molecule has 0 bridgehead atoms. The Labute approximate surface area is 197 Å². The lowest BCUT2D eigenvalue weighted by Crippen LogP contribution is -2.22. The molecule has 33 heavy (non-hydrogen) atoms. The van der Waals surface area contributed by atoms with E-state index in [1.807, 2.05) is 52.1 Å². The highest BCUT2D eigenvalue weighted by atomic mass is 32.2. The Bertz CT molecular complexity index is 1290. The molecule has 1 aromatic carbocycles. The van der Waals surface area contributed by atoms with E-state index in [0.29, 0.717) is 22.6 Å². The minimum Gasteiger partial charge on any atom is -0.309 e. The van der Waals surface area contributed by atoms with Gasteiger partial charge in [-0.3, -0.25) is 10.4 Å². The van der Waals surface area contributed by atoms with Gasteiger partial charge in [0.25, 0.3) is 0 Å². The van der Waals surface area contributed by atoms with E-state index in [-0.39, 0.29) is 22.8 Å². The molecule has 5 nitrogen and oxygen atoms in total. The van der Waals surface area contributed by atoms with E-state index >= 15 is 0 Å². The predicted octanol–water partition coefficient (Wildman–Crippen LogP) is 6.17. The fourth-order valence-corrected chi connectivity index (χ4v) is 6.71. The predicted molar refractivity (Wildman–Crippen MR) is 135 cm³/mol. The topological polar surface area (TPSA) is 94.7 Å². The first kappa shape index (κ1) is 23.6. The van der Waals surface area contributed by atoms with Crippen molar-refractivity contribution in [3.8, 4) is 0 Å². The van der Waals surface area contributed by atoms with Gasteiger partial charge in [0.1, 0.15) is 5.04 Å². The Kier molecular flexibility index (Phi) is 6.16. The van der Waals surface area contributed by atoms with Crippen LogP contribution in [0.1, 0.15) is 69.7 Å². The maximum absolute atomic E-state index is 13.9. The van der Waals surface area contributed by atoms with E-state index < -0.39 is 9.84 Å². The number of nitrogens with zero attached hydrogens (tertiary/aromatic N) is 1. The maximum Gasteiger partial charge on any atom is 0.220 e. The molecule has 1 atom stereocenters. The van der Waals surface area contributed by atoms with Crippen LogP contribution in [-0.2, 0) is 22.7 Å². The summed E-state index contributed by atoms with van der Waals surface area (Å²) in [5, 5.41) is 17.2. The lowest BCUT2D eigenvalue weighted by Gasteiger charge is -2.20. The molecule has 1 fully saturated rings. The smallest absolute Gasteiger partial charge is 0.220 e. The van der Waals surface area contributed by atoms with Gasteiger partial charge in [0.2, 0.25) is 9.84 Å². The molecule has 4 rings (SSSR count). The van der Waals surface area contributed by atoms with E-state index in [0.717, 1.165) is 47.0 Å². The summed E-state index contributed by atoms with van der Waals surface area (Å²) in [6, 6.07) is 4.05. The van der Waals surface area contributed by atoms with Crippen LogP contribution in [-0.4, -0.2) is 24.7 Å². The highest BCUT2D eigenvalue weighted by Gasteiger charge is 2.36. The molecule has 0 amide bonds. The molecule has 1 heterocycles. The number of rotatable bonds is 6. The summed E-state index contributed by atoms with van der Waals surface area (Å²) < 4.78 is 27.8. The van der Waals surface area contributed by atoms with Gasteiger partial charge >= 0.3 is 0 Å². The monoisotopic (exact) mass is 463 g/mol. The van der Waals surface area contributed by atoms with E-state index in [4.69, 9.17) is 10.8 Å². The van der Waals surface area contributed by atoms with Crippen molar-refractivity contribution in [3.05, 3.63) is 59.0 Å². The summed E-state index contributed by atoms with van der Waals surface area (Å²) in [7, 11) is -3.94. The molecule has 2 aliphatic carbocycles. The average molecular weight is 464 g/mol. The second-order valence-corrected chi connectivity index (χ2v) is 12.4. The lowest BCUT2D eigenvalue weighted by molar-refractivity contribution is 0.434. The summed E-state index contributed by atoms with van der Waals surface area (Å²) in [5.74, 6) is 0.570. The highest BCUT2D eigenvalue weighted by Crippen LogP contribution is 2.44. The van der Waals surface area contributed by atoms with Gasteiger partial charge in [0, 0.05) is 41.2 Å². The van der Waals surface area contributed by atoms with Gasteiger partial charge in [0.05, 0.1) is 4.90 Å². The summed E-state index contributed by atoms with van der Waals surface area (Å²) >= 11 is 0. The number of pyridine rings is 1. The summed E-state index contributed by atoms with van der Waals surface area (Å²) in [5.41, 5.74) is 3.64. The minimum absolute atomic E-state index is 0.152. The molecule has 6 heteroatoms. The van der Waals surface area contributed by atoms with E-state index in [1.54, 1.807) is 6.08 Å². The first-order valence-corrected chi connectivity index (χ1v) is 13.1. The third kappa shape index (κ3) is 4.72. The molecule has 1 saturated carbocycles. The van der Waals surface area contributed by atoms with Gasteiger partial charge in [-0.2, -0.15) is 0 Å². The number of hydrogen-bond acceptors (Lipinski definition) is 5. The average Bonchev–Trinajstić information content (AvgIpc) is 3.50. The number of benzene rings is 1. The third-order valence-corrected chi connectivity index (χ3v) is 8.37. The Morgan fingerprint density at radius 2 is 1.94 bits per heavy atom. The van der Waals surface area contributed by atoms with Crippen LogP contribution in [0.25, 0.3) is 10.8 Å². The highest BCUT2D eigenvalue weighted by molar-refractivity contribution is 8.06. The second-order valence-electron chi connectivity index (χ2n) is 10.5. The Balaban J connectivity index is 1.90. The quantitative estimate of drug-likeness (QED) is 0.305. The normalized spacial score (nSPS) is 19.3. The molecular formula is C27H33N3O2S. The van der Waals surface area contributed by atoms with Crippen LogP contribution in [0.4, 0.5) is 0 Å². The zero-order chi connectivity index (χ0) is 24.0. The van der Waals surface area contributed by atoms with Crippen molar-refractivity contribution < 1.29 is 8.42 Å². The standard InChI is InChI=1S/C27H33N3O2S/c1-5-17(7-6-10-28)19-11-20-12-21-16-30-24(18-8-9-18)14-23(21)26(22(20)13-19)33(31,32)25(29)15-27(2,3)4/h5-7,10,12,14,16,18-19,28-29H,8-9,11,13,15H2,1-4H3/b7-6-,17-5+,28-10?,29-25?. The zero-order valence-electron chi connectivity index (χ0n) is 19.9. The molecule has 2 aliphatic rings. The molecule has 2 aromatic rings. The fourth-order valence-electron chi connectivity index (χ4n) is 4.84. The van der Waals surface area contributed by atoms with E-state index in [2.05, 4.69) is 11.1 Å². The zero-order valence-corrected chi connectivity index (χ0v) is 20.7. The van der Waals surface area contributed by atoms with Crippen molar-refractivity contribution in [1.29, 1.82) is 10.8 Å². The van der Waals surface area contributed by atoms with Crippen molar-refractivity contribution in [2.45, 2.75) is 70.6 Å². The first-order valence-electron chi connectivity index (χ1n) is 11.7. The van der Waals surface area contributed by atoms with Crippen molar-refractivity contribution >= 4 is 31.9 Å². The minimum atomic E-state index is -3.94. The number of nitrogens with one attached hydrogen (secondary N) is 2. The van der Waals surface area contributed by atoms with Crippen LogP contribution in [0.5, 0.6) is 0 Å². The van der Waals surface area contributed by atoms with Crippen LogP contribution < -0.4 is 0 Å². The molecule has 0 aliphatic heterocycles. The Morgan fingerprint density at radius 3 is 2.55 bits per heavy atom. The SMILES string of the molecule is C/C=C(\C=C/C=N)C1Cc2cc3cnc(C4CC4)cc3c(S(=O)(=O)C(=N)CC(C)(C)C)c2C1. The van der Waals surface area contributed by atoms with Crippen LogP contribution >= 0.6 is 0 Å². The van der Waals surface area contributed by atoms with Gasteiger partial charge in [0.15, 0.2) is 0 Å². The van der Waals surface area contributed by atoms with Crippen LogP contribution in [0.3, 0.4) is 0 Å². The van der Waals surface area contributed by atoms with Gasteiger partial charge < -0.3 is 5.41 Å². The summed E-state index contributed by atoms with van der Waals surface area (Å²) in [4.78, 5) is 4.96. The molecule has 174 valence electrons. The molecule has 1 aromatic heterocycles. The number of hydrogen-bond donors (Lipinski definition) is 2. The van der Waals surface area contributed by atoms with Gasteiger partial charge in [-0.05, 0) is 78.8 Å². The molecule has 1 unspecified atom stereocenters. The van der Waals surface area contributed by atoms with Crippen LogP contribution in [0, 0.1) is 22.2 Å². The fraction of sp³-hybridized carbons (Fsp3) is 0.444. The largest absolute Gasteiger partial charge is 0.309 e. The van der Waals surface area contributed by atoms with Crippen LogP contribution in [0.2, 0.25) is 0 Å². The Morgan fingerprint density at radius 1 is 1.21 bits per heavy atom. The molecule has 2 N–H and O–H groups in total. The van der Waals surface area contributed by atoms with Crippen LogP contribution in [0.15, 0.2) is 47.0 Å². The van der Waals surface area contributed by atoms with Crippen molar-refractivity contribution in [2.75, 3.05) is 0 Å². The van der Waals surface area contributed by atoms with Crippen molar-refractivity contribution in [2.24, 2.45) is 11.3 Å². The van der Waals surface area contributed by atoms with E-state index in [9.17, 15) is 8.42 Å². The summed E-state index contributed by atoms with van der Waals surface area (Å²) in [6.45, 7) is 7.86. The van der Waals surface area contributed by atoms with Crippen molar-refractivity contribution in [1.82, 2.24) is 4.98 Å². The van der Waals surface area contributed by atoms with Gasteiger partial charge in [-0.15, -0.1) is 0 Å². The second kappa shape index (κ2) is 8.64. The van der Waals surface area contributed by atoms with E-state index in [1.165, 1.54) is 6.21 Å². The molecule has 0 spiro atoms.